The van der Waals surface area contributed by atoms with Crippen LogP contribution in [0.1, 0.15) is 36.0 Å². The molecule has 0 bridgehead atoms. The van der Waals surface area contributed by atoms with Gasteiger partial charge in [0.15, 0.2) is 0 Å². The number of nitro benzene ring substituents is 1. The van der Waals surface area contributed by atoms with E-state index in [0.29, 0.717) is 18.4 Å². The molecule has 1 aliphatic rings. The molecular weight excluding hydrogens is 456 g/mol. The van der Waals surface area contributed by atoms with Gasteiger partial charge >= 0.3 is 0 Å². The Labute approximate surface area is 202 Å². The van der Waals surface area contributed by atoms with Crippen LogP contribution in [-0.4, -0.2) is 47.5 Å². The number of rotatable bonds is 7. The van der Waals surface area contributed by atoms with Crippen molar-refractivity contribution in [3.63, 3.8) is 0 Å². The number of aromatic nitrogens is 2. The number of carbonyl (C=O) groups is 1. The highest BCUT2D eigenvalue weighted by Gasteiger charge is 2.23. The van der Waals surface area contributed by atoms with Gasteiger partial charge in [-0.05, 0) is 49.8 Å². The summed E-state index contributed by atoms with van der Waals surface area (Å²) in [4.78, 5) is 34.2. The number of hydrogen-bond donors (Lipinski definition) is 2. The molecule has 1 amide bonds. The van der Waals surface area contributed by atoms with Crippen molar-refractivity contribution in [1.29, 1.82) is 0 Å². The fourth-order valence-corrected chi connectivity index (χ4v) is 4.55. The van der Waals surface area contributed by atoms with E-state index in [0.717, 1.165) is 42.4 Å². The highest BCUT2D eigenvalue weighted by Crippen LogP contribution is 2.28. The number of nitrogens with one attached hydrogen (secondary N) is 2. The van der Waals surface area contributed by atoms with Gasteiger partial charge in [0.05, 0.1) is 21.0 Å². The molecule has 1 fully saturated rings. The standard InChI is InChI=1S/C24H27ClN6O3/c1-30(2)22-19-5-3-4-6-21(19)28-24(29-22)27-16-9-7-15(8-10-16)14-26-23(32)18-12-11-17(31(33)34)13-20(18)25/h3-6,11-13,15-16H,7-10,14H2,1-2H3,(H,26,32)(H,27,28,29). The maximum atomic E-state index is 12.5. The van der Waals surface area contributed by atoms with Gasteiger partial charge in [0.2, 0.25) is 5.95 Å². The lowest BCUT2D eigenvalue weighted by Crippen LogP contribution is -2.34. The summed E-state index contributed by atoms with van der Waals surface area (Å²) in [5, 5.41) is 18.4. The van der Waals surface area contributed by atoms with Crippen molar-refractivity contribution in [2.75, 3.05) is 30.9 Å². The van der Waals surface area contributed by atoms with Gasteiger partial charge in [0.1, 0.15) is 5.82 Å². The topological polar surface area (TPSA) is 113 Å². The second kappa shape index (κ2) is 10.2. The predicted octanol–water partition coefficient (Wildman–Crippen LogP) is 4.66. The average Bonchev–Trinajstić information content (AvgIpc) is 2.82. The van der Waals surface area contributed by atoms with Gasteiger partial charge in [-0.1, -0.05) is 23.7 Å². The van der Waals surface area contributed by atoms with Crippen LogP contribution in [0.25, 0.3) is 10.9 Å². The molecule has 34 heavy (non-hydrogen) atoms. The van der Waals surface area contributed by atoms with Crippen LogP contribution in [0.15, 0.2) is 42.5 Å². The minimum absolute atomic E-state index is 0.0760. The van der Waals surface area contributed by atoms with Gasteiger partial charge in [-0.3, -0.25) is 14.9 Å². The lowest BCUT2D eigenvalue weighted by Gasteiger charge is -2.29. The van der Waals surface area contributed by atoms with E-state index in [9.17, 15) is 14.9 Å². The number of carbonyl (C=O) groups excluding carboxylic acids is 1. The number of benzene rings is 2. The zero-order valence-corrected chi connectivity index (χ0v) is 19.9. The van der Waals surface area contributed by atoms with E-state index in [1.807, 2.05) is 43.3 Å². The van der Waals surface area contributed by atoms with Crippen LogP contribution < -0.4 is 15.5 Å². The summed E-state index contributed by atoms with van der Waals surface area (Å²) in [7, 11) is 3.95. The van der Waals surface area contributed by atoms with Crippen LogP contribution in [0.5, 0.6) is 0 Å². The summed E-state index contributed by atoms with van der Waals surface area (Å²) in [6.45, 7) is 0.538. The van der Waals surface area contributed by atoms with Gasteiger partial charge in [0, 0.05) is 44.2 Å². The molecule has 178 valence electrons. The molecule has 3 aromatic rings. The summed E-state index contributed by atoms with van der Waals surface area (Å²) in [6, 6.07) is 12.1. The summed E-state index contributed by atoms with van der Waals surface area (Å²) in [6.07, 6.45) is 3.82. The van der Waals surface area contributed by atoms with E-state index in [1.165, 1.54) is 18.2 Å². The molecule has 0 aliphatic heterocycles. The maximum Gasteiger partial charge on any atom is 0.270 e. The Morgan fingerprint density at radius 1 is 1.15 bits per heavy atom. The monoisotopic (exact) mass is 482 g/mol. The second-order valence-electron chi connectivity index (χ2n) is 8.78. The molecule has 9 nitrogen and oxygen atoms in total. The molecule has 1 aromatic heterocycles. The van der Waals surface area contributed by atoms with Gasteiger partial charge in [-0.25, -0.2) is 4.98 Å². The third-order valence-corrected chi connectivity index (χ3v) is 6.46. The Morgan fingerprint density at radius 3 is 2.56 bits per heavy atom. The predicted molar refractivity (Wildman–Crippen MR) is 134 cm³/mol. The highest BCUT2D eigenvalue weighted by atomic mass is 35.5. The Morgan fingerprint density at radius 2 is 1.88 bits per heavy atom. The lowest BCUT2D eigenvalue weighted by molar-refractivity contribution is -0.384. The van der Waals surface area contributed by atoms with E-state index in [2.05, 4.69) is 15.6 Å². The first-order chi connectivity index (χ1) is 16.3. The minimum Gasteiger partial charge on any atom is -0.362 e. The quantitative estimate of drug-likeness (QED) is 0.372. The molecular formula is C24H27ClN6O3. The molecule has 0 saturated heterocycles. The van der Waals surface area contributed by atoms with E-state index < -0.39 is 4.92 Å². The summed E-state index contributed by atoms with van der Waals surface area (Å²) < 4.78 is 0. The second-order valence-corrected chi connectivity index (χ2v) is 9.18. The van der Waals surface area contributed by atoms with Crippen molar-refractivity contribution in [2.45, 2.75) is 31.7 Å². The Kier molecular flexibility index (Phi) is 7.12. The number of para-hydroxylation sites is 1. The van der Waals surface area contributed by atoms with Crippen molar-refractivity contribution in [3.8, 4) is 0 Å². The van der Waals surface area contributed by atoms with Gasteiger partial charge in [0.25, 0.3) is 11.6 Å². The van der Waals surface area contributed by atoms with Crippen LogP contribution in [0.4, 0.5) is 17.5 Å². The molecule has 1 saturated carbocycles. The number of amides is 1. The number of anilines is 2. The SMILES string of the molecule is CN(C)c1nc(NC2CCC(CNC(=O)c3ccc([N+](=O)[O-])cc3Cl)CC2)nc2ccccc12. The largest absolute Gasteiger partial charge is 0.362 e. The molecule has 0 atom stereocenters. The van der Waals surface area contributed by atoms with Gasteiger partial charge < -0.3 is 15.5 Å². The smallest absolute Gasteiger partial charge is 0.270 e. The number of nitrogens with zero attached hydrogens (tertiary/aromatic N) is 4. The number of non-ortho nitro benzene ring substituents is 1. The number of fused-ring (bicyclic) bond motifs is 1. The van der Waals surface area contributed by atoms with Crippen molar-refractivity contribution in [1.82, 2.24) is 15.3 Å². The Bertz CT molecular complexity index is 1210. The molecule has 1 heterocycles. The molecule has 1 aliphatic carbocycles. The van der Waals surface area contributed by atoms with Crippen molar-refractivity contribution in [3.05, 3.63) is 63.2 Å². The average molecular weight is 483 g/mol. The maximum absolute atomic E-state index is 12.5. The molecule has 10 heteroatoms. The zero-order chi connectivity index (χ0) is 24.2. The normalized spacial score (nSPS) is 17.9. The third-order valence-electron chi connectivity index (χ3n) is 6.15. The van der Waals surface area contributed by atoms with Gasteiger partial charge in [-0.15, -0.1) is 0 Å². The molecule has 4 rings (SSSR count). The van der Waals surface area contributed by atoms with E-state index in [1.54, 1.807) is 0 Å². The highest BCUT2D eigenvalue weighted by molar-refractivity contribution is 6.34. The van der Waals surface area contributed by atoms with E-state index in [-0.39, 0.29) is 28.2 Å². The first-order valence-corrected chi connectivity index (χ1v) is 11.6. The van der Waals surface area contributed by atoms with Crippen LogP contribution in [0, 0.1) is 16.0 Å². The van der Waals surface area contributed by atoms with E-state index in [4.69, 9.17) is 16.6 Å². The number of hydrogen-bond acceptors (Lipinski definition) is 7. The van der Waals surface area contributed by atoms with Crippen LogP contribution >= 0.6 is 11.6 Å². The van der Waals surface area contributed by atoms with Gasteiger partial charge in [-0.2, -0.15) is 4.98 Å². The molecule has 2 aromatic carbocycles. The van der Waals surface area contributed by atoms with Crippen molar-refractivity contribution >= 4 is 45.9 Å². The lowest BCUT2D eigenvalue weighted by atomic mass is 9.86. The summed E-state index contributed by atoms with van der Waals surface area (Å²) >= 11 is 6.06. The molecule has 0 radical (unpaired) electrons. The fraction of sp³-hybridized carbons (Fsp3) is 0.375. The number of nitro groups is 1. The first-order valence-electron chi connectivity index (χ1n) is 11.2. The van der Waals surface area contributed by atoms with E-state index >= 15 is 0 Å². The fourth-order valence-electron chi connectivity index (χ4n) is 4.29. The summed E-state index contributed by atoms with van der Waals surface area (Å²) in [5.74, 6) is 1.55. The minimum atomic E-state index is -0.537. The first kappa shape index (κ1) is 23.7. The number of halogens is 1. The molecule has 0 unspecified atom stereocenters. The Hall–Kier alpha value is -3.46. The van der Waals surface area contributed by atoms with Crippen LogP contribution in [0.3, 0.4) is 0 Å². The van der Waals surface area contributed by atoms with Crippen molar-refractivity contribution < 1.29 is 9.72 Å². The third kappa shape index (κ3) is 5.36. The van der Waals surface area contributed by atoms with Crippen LogP contribution in [0.2, 0.25) is 5.02 Å². The van der Waals surface area contributed by atoms with Crippen molar-refractivity contribution in [2.24, 2.45) is 5.92 Å². The Balaban J connectivity index is 1.31. The molecule has 2 N–H and O–H groups in total. The van der Waals surface area contributed by atoms with Crippen LogP contribution in [-0.2, 0) is 0 Å². The zero-order valence-electron chi connectivity index (χ0n) is 19.1. The summed E-state index contributed by atoms with van der Waals surface area (Å²) in [5.41, 5.74) is 1.01. The molecule has 0 spiro atoms.